The van der Waals surface area contributed by atoms with E-state index in [1.165, 1.54) is 6.08 Å². The monoisotopic (exact) mass is 247 g/mol. The lowest BCUT2D eigenvalue weighted by Gasteiger charge is -2.10. The molecule has 0 aromatic heterocycles. The number of allylic oxidation sites excluding steroid dienone is 1. The molecule has 6 heteroatoms. The fraction of sp³-hybridized carbons (Fsp3) is 0.700. The predicted molar refractivity (Wildman–Crippen MR) is 61.0 cm³/mol. The highest BCUT2D eigenvalue weighted by Gasteiger charge is 2.18. The molecule has 0 aliphatic rings. The highest BCUT2D eigenvalue weighted by molar-refractivity contribution is 7.32. The number of carboxylic acids is 1. The van der Waals surface area contributed by atoms with Gasteiger partial charge in [0.25, 0.3) is 0 Å². The number of carbonyl (C=O) groups is 1. The van der Waals surface area contributed by atoms with Gasteiger partial charge in [-0.3, -0.25) is 4.79 Å². The molecule has 0 spiro atoms. The lowest BCUT2D eigenvalue weighted by molar-refractivity contribution is -0.137. The second-order valence-corrected chi connectivity index (χ2v) is 4.91. The van der Waals surface area contributed by atoms with Crippen molar-refractivity contribution in [2.75, 3.05) is 0 Å². The Bertz CT molecular complexity index is 328. The lowest BCUT2D eigenvalue weighted by Crippen LogP contribution is -2.28. The molecule has 0 aromatic rings. The van der Waals surface area contributed by atoms with Gasteiger partial charge in [0.15, 0.2) is 0 Å². The molecule has 92 valence electrons. The van der Waals surface area contributed by atoms with E-state index in [2.05, 4.69) is 0 Å². The zero-order valence-electron chi connectivity index (χ0n) is 9.55. The van der Waals surface area contributed by atoms with Crippen molar-refractivity contribution in [2.45, 2.75) is 44.8 Å². The van der Waals surface area contributed by atoms with Crippen molar-refractivity contribution in [3.63, 3.8) is 0 Å². The molecule has 3 N–H and O–H groups in total. The minimum Gasteiger partial charge on any atom is -0.480 e. The summed E-state index contributed by atoms with van der Waals surface area (Å²) in [5.74, 6) is -1.16. The van der Waals surface area contributed by atoms with Gasteiger partial charge in [0.1, 0.15) is 6.04 Å². The summed E-state index contributed by atoms with van der Waals surface area (Å²) in [6, 6.07) is -1.14. The maximum atomic E-state index is 11.0. The largest absolute Gasteiger partial charge is 0.480 e. The Labute approximate surface area is 95.5 Å². The SMILES string of the molecule is CCCCC(C(C)=CC(N)C(=O)O)P(=O)=O. The molecule has 0 heterocycles. The topological polar surface area (TPSA) is 97.5 Å². The summed E-state index contributed by atoms with van der Waals surface area (Å²) in [4.78, 5) is 10.5. The number of rotatable bonds is 7. The highest BCUT2D eigenvalue weighted by atomic mass is 31.1. The molecular formula is C10H18NO4P. The van der Waals surface area contributed by atoms with E-state index in [4.69, 9.17) is 10.8 Å². The Morgan fingerprint density at radius 3 is 2.44 bits per heavy atom. The van der Waals surface area contributed by atoms with E-state index >= 15 is 0 Å². The number of nitrogens with two attached hydrogens (primary N) is 1. The van der Waals surface area contributed by atoms with Crippen LogP contribution >= 0.6 is 7.68 Å². The molecular weight excluding hydrogens is 229 g/mol. The van der Waals surface area contributed by atoms with Crippen molar-refractivity contribution in [1.29, 1.82) is 0 Å². The van der Waals surface area contributed by atoms with Crippen LogP contribution in [0, 0.1) is 0 Å². The van der Waals surface area contributed by atoms with Gasteiger partial charge < -0.3 is 10.8 Å². The fourth-order valence-corrected chi connectivity index (χ4v) is 2.17. The molecule has 0 rings (SSSR count). The second kappa shape index (κ2) is 7.36. The summed E-state index contributed by atoms with van der Waals surface area (Å²) < 4.78 is 22.0. The van der Waals surface area contributed by atoms with Crippen LogP contribution in [0.1, 0.15) is 33.1 Å². The van der Waals surface area contributed by atoms with Gasteiger partial charge in [-0.25, -0.2) is 9.13 Å². The molecule has 2 unspecified atom stereocenters. The predicted octanol–water partition coefficient (Wildman–Crippen LogP) is 2.08. The smallest absolute Gasteiger partial charge is 0.324 e. The first-order chi connectivity index (χ1) is 7.40. The van der Waals surface area contributed by atoms with Crippen LogP contribution in [0.15, 0.2) is 11.6 Å². The quantitative estimate of drug-likeness (QED) is 0.530. The Hall–Kier alpha value is -0.930. The van der Waals surface area contributed by atoms with Crippen molar-refractivity contribution in [1.82, 2.24) is 0 Å². The third-order valence-electron chi connectivity index (χ3n) is 2.34. The Balaban J connectivity index is 4.72. The zero-order valence-corrected chi connectivity index (χ0v) is 10.4. The summed E-state index contributed by atoms with van der Waals surface area (Å²) in [5.41, 5.74) is 5.23. The molecule has 0 aliphatic heterocycles. The van der Waals surface area contributed by atoms with Gasteiger partial charge in [-0.15, -0.1) is 0 Å². The third kappa shape index (κ3) is 5.24. The standard InChI is InChI=1S/C10H18NO4P/c1-3-4-5-9(16(14)15)7(2)6-8(11)10(12)13/h6,8-9H,3-5,11H2,1-2H3,(H,12,13). The number of hydrogen-bond acceptors (Lipinski definition) is 4. The van der Waals surface area contributed by atoms with Gasteiger partial charge in [-0.05, 0) is 13.3 Å². The number of unbranched alkanes of at least 4 members (excludes halogenated alkanes) is 1. The minimum atomic E-state index is -2.58. The van der Waals surface area contributed by atoms with Crippen molar-refractivity contribution < 1.29 is 19.0 Å². The van der Waals surface area contributed by atoms with Crippen molar-refractivity contribution in [2.24, 2.45) is 5.73 Å². The van der Waals surface area contributed by atoms with Gasteiger partial charge >= 0.3 is 13.6 Å². The molecule has 0 aliphatic carbocycles. The van der Waals surface area contributed by atoms with Crippen LogP contribution in [0.3, 0.4) is 0 Å². The minimum absolute atomic E-state index is 0.513. The van der Waals surface area contributed by atoms with E-state index in [-0.39, 0.29) is 0 Å². The van der Waals surface area contributed by atoms with Crippen LogP contribution in [0.4, 0.5) is 0 Å². The van der Waals surface area contributed by atoms with Gasteiger partial charge in [0.05, 0.1) is 5.66 Å². The van der Waals surface area contributed by atoms with E-state index < -0.39 is 25.4 Å². The molecule has 0 bridgehead atoms. The van der Waals surface area contributed by atoms with Crippen LogP contribution in [-0.4, -0.2) is 22.8 Å². The third-order valence-corrected chi connectivity index (χ3v) is 3.51. The van der Waals surface area contributed by atoms with E-state index in [9.17, 15) is 13.9 Å². The van der Waals surface area contributed by atoms with Crippen molar-refractivity contribution in [3.8, 4) is 0 Å². The van der Waals surface area contributed by atoms with Crippen LogP contribution < -0.4 is 5.73 Å². The number of aliphatic carboxylic acids is 1. The number of carboxylic acid groups (broad SMARTS) is 1. The van der Waals surface area contributed by atoms with Gasteiger partial charge in [-0.2, -0.15) is 0 Å². The van der Waals surface area contributed by atoms with E-state index in [0.717, 1.165) is 12.8 Å². The molecule has 0 aromatic carbocycles. The Kier molecular flexibility index (Phi) is 6.93. The van der Waals surface area contributed by atoms with E-state index in [1.807, 2.05) is 6.92 Å². The zero-order chi connectivity index (χ0) is 12.7. The Morgan fingerprint density at radius 1 is 1.50 bits per heavy atom. The fourth-order valence-electron chi connectivity index (χ4n) is 1.36. The van der Waals surface area contributed by atoms with Crippen LogP contribution in [0.2, 0.25) is 0 Å². The van der Waals surface area contributed by atoms with Crippen LogP contribution in [-0.2, 0) is 13.9 Å². The molecule has 2 atom stereocenters. The first-order valence-corrected chi connectivity index (χ1v) is 6.45. The highest BCUT2D eigenvalue weighted by Crippen LogP contribution is 2.27. The summed E-state index contributed by atoms with van der Waals surface area (Å²) in [6.07, 6.45) is 3.51. The Morgan fingerprint density at radius 2 is 2.06 bits per heavy atom. The number of hydrogen-bond donors (Lipinski definition) is 2. The molecule has 0 saturated heterocycles. The summed E-state index contributed by atoms with van der Waals surface area (Å²) >= 11 is 0. The average Bonchev–Trinajstić information content (AvgIpc) is 2.17. The summed E-state index contributed by atoms with van der Waals surface area (Å²) in [6.45, 7) is 3.57. The van der Waals surface area contributed by atoms with Crippen molar-refractivity contribution in [3.05, 3.63) is 11.6 Å². The maximum Gasteiger partial charge on any atom is 0.324 e. The van der Waals surface area contributed by atoms with Crippen LogP contribution in [0.25, 0.3) is 0 Å². The molecule has 0 radical (unpaired) electrons. The molecule has 5 nitrogen and oxygen atoms in total. The van der Waals surface area contributed by atoms with Crippen LogP contribution in [0.5, 0.6) is 0 Å². The van der Waals surface area contributed by atoms with E-state index in [1.54, 1.807) is 6.92 Å². The molecule has 0 amide bonds. The van der Waals surface area contributed by atoms with E-state index in [0.29, 0.717) is 12.0 Å². The van der Waals surface area contributed by atoms with Gasteiger partial charge in [0, 0.05) is 0 Å². The first-order valence-electron chi connectivity index (χ1n) is 5.20. The molecule has 16 heavy (non-hydrogen) atoms. The lowest BCUT2D eigenvalue weighted by atomic mass is 10.1. The average molecular weight is 247 g/mol. The van der Waals surface area contributed by atoms with Crippen molar-refractivity contribution >= 4 is 13.6 Å². The maximum absolute atomic E-state index is 11.0. The van der Waals surface area contributed by atoms with Gasteiger partial charge in [-0.1, -0.05) is 31.4 Å². The molecule has 0 fully saturated rings. The van der Waals surface area contributed by atoms with Gasteiger partial charge in [0.2, 0.25) is 0 Å². The second-order valence-electron chi connectivity index (χ2n) is 3.72. The molecule has 0 saturated carbocycles. The normalized spacial score (nSPS) is 15.6. The summed E-state index contributed by atoms with van der Waals surface area (Å²) in [5, 5.41) is 8.61. The summed E-state index contributed by atoms with van der Waals surface area (Å²) in [7, 11) is -2.58. The first kappa shape index (κ1) is 15.1.